The summed E-state index contributed by atoms with van der Waals surface area (Å²) >= 11 is 0. The number of likely N-dealkylation sites (tertiary alicyclic amines) is 1. The van der Waals surface area contributed by atoms with Crippen molar-refractivity contribution in [1.82, 2.24) is 4.90 Å². The predicted molar refractivity (Wildman–Crippen MR) is 83.9 cm³/mol. The summed E-state index contributed by atoms with van der Waals surface area (Å²) in [5.41, 5.74) is 1.25. The van der Waals surface area contributed by atoms with Gasteiger partial charge in [-0.3, -0.25) is 4.90 Å². The van der Waals surface area contributed by atoms with Crippen molar-refractivity contribution in [2.45, 2.75) is 33.2 Å². The first-order chi connectivity index (χ1) is 10.3. The Morgan fingerprint density at radius 2 is 1.76 bits per heavy atom. The Balaban J connectivity index is 1.98. The highest BCUT2D eigenvalue weighted by Gasteiger charge is 2.18. The van der Waals surface area contributed by atoms with Gasteiger partial charge in [-0.15, -0.1) is 0 Å². The van der Waals surface area contributed by atoms with Crippen LogP contribution in [0.1, 0.15) is 32.3 Å². The van der Waals surface area contributed by atoms with Crippen molar-refractivity contribution in [3.63, 3.8) is 0 Å². The van der Waals surface area contributed by atoms with Gasteiger partial charge in [0.15, 0.2) is 11.5 Å². The maximum atomic E-state index is 9.19. The van der Waals surface area contributed by atoms with Crippen LogP contribution in [0.15, 0.2) is 18.2 Å². The molecule has 1 aliphatic rings. The molecule has 1 aromatic carbocycles. The average Bonchev–Trinajstić information content (AvgIpc) is 2.51. The van der Waals surface area contributed by atoms with Crippen molar-refractivity contribution in [2.75, 3.05) is 32.9 Å². The van der Waals surface area contributed by atoms with Crippen molar-refractivity contribution in [3.8, 4) is 11.5 Å². The normalized spacial score (nSPS) is 16.9. The van der Waals surface area contributed by atoms with Gasteiger partial charge >= 0.3 is 0 Å². The third-order valence-corrected chi connectivity index (χ3v) is 3.98. The van der Waals surface area contributed by atoms with Gasteiger partial charge in [0.1, 0.15) is 0 Å². The van der Waals surface area contributed by atoms with E-state index in [0.29, 0.717) is 25.7 Å². The molecule has 0 atom stereocenters. The molecule has 0 aliphatic carbocycles. The number of hydrogen-bond donors (Lipinski definition) is 1. The van der Waals surface area contributed by atoms with Crippen molar-refractivity contribution in [2.24, 2.45) is 5.92 Å². The zero-order valence-electron chi connectivity index (χ0n) is 13.2. The molecule has 21 heavy (non-hydrogen) atoms. The van der Waals surface area contributed by atoms with Crippen LogP contribution in [0.2, 0.25) is 0 Å². The molecule has 1 aromatic rings. The molecule has 1 N–H and O–H groups in total. The molecule has 0 radical (unpaired) electrons. The topological polar surface area (TPSA) is 41.9 Å². The minimum absolute atomic E-state index is 0.325. The van der Waals surface area contributed by atoms with Crippen LogP contribution in [0, 0.1) is 5.92 Å². The summed E-state index contributed by atoms with van der Waals surface area (Å²) in [6.07, 6.45) is 2.18. The summed E-state index contributed by atoms with van der Waals surface area (Å²) in [5, 5.41) is 9.19. The molecule has 1 fully saturated rings. The maximum absolute atomic E-state index is 9.19. The Morgan fingerprint density at radius 1 is 1.10 bits per heavy atom. The van der Waals surface area contributed by atoms with E-state index in [1.165, 1.54) is 5.56 Å². The second-order valence-electron chi connectivity index (χ2n) is 5.55. The van der Waals surface area contributed by atoms with E-state index in [2.05, 4.69) is 17.0 Å². The number of piperidine rings is 1. The molecule has 4 heteroatoms. The van der Waals surface area contributed by atoms with Gasteiger partial charge < -0.3 is 14.6 Å². The van der Waals surface area contributed by atoms with Crippen LogP contribution in [-0.4, -0.2) is 42.9 Å². The summed E-state index contributed by atoms with van der Waals surface area (Å²) in [6.45, 7) is 8.64. The zero-order valence-corrected chi connectivity index (χ0v) is 13.2. The molecule has 0 amide bonds. The van der Waals surface area contributed by atoms with Crippen LogP contribution in [0.3, 0.4) is 0 Å². The van der Waals surface area contributed by atoms with Crippen LogP contribution in [-0.2, 0) is 6.54 Å². The Kier molecular flexibility index (Phi) is 6.33. The van der Waals surface area contributed by atoms with Crippen LogP contribution in [0.4, 0.5) is 0 Å². The summed E-state index contributed by atoms with van der Waals surface area (Å²) in [4.78, 5) is 2.44. The highest BCUT2D eigenvalue weighted by Crippen LogP contribution is 2.29. The second kappa shape index (κ2) is 8.25. The standard InChI is InChI=1S/C17H27NO3/c1-3-20-16-6-5-15(11-17(16)21-4-2)12-18-9-7-14(13-19)8-10-18/h5-6,11,14,19H,3-4,7-10,12-13H2,1-2H3. The minimum atomic E-state index is 0.325. The molecule has 4 nitrogen and oxygen atoms in total. The van der Waals surface area contributed by atoms with Crippen molar-refractivity contribution >= 4 is 0 Å². The molecule has 1 aliphatic heterocycles. The number of nitrogens with zero attached hydrogens (tertiary/aromatic N) is 1. The smallest absolute Gasteiger partial charge is 0.161 e. The largest absolute Gasteiger partial charge is 0.490 e. The van der Waals surface area contributed by atoms with Gasteiger partial charge in [-0.05, 0) is 63.4 Å². The summed E-state index contributed by atoms with van der Waals surface area (Å²) in [6, 6.07) is 6.21. The lowest BCUT2D eigenvalue weighted by Crippen LogP contribution is -2.34. The fourth-order valence-corrected chi connectivity index (χ4v) is 2.78. The van der Waals surface area contributed by atoms with Crippen LogP contribution in [0.25, 0.3) is 0 Å². The molecule has 0 saturated carbocycles. The third-order valence-electron chi connectivity index (χ3n) is 3.98. The molecule has 1 heterocycles. The number of benzene rings is 1. The molecule has 0 spiro atoms. The molecule has 0 unspecified atom stereocenters. The van der Waals surface area contributed by atoms with E-state index < -0.39 is 0 Å². The lowest BCUT2D eigenvalue weighted by molar-refractivity contribution is 0.127. The fraction of sp³-hybridized carbons (Fsp3) is 0.647. The Labute approximate surface area is 127 Å². The summed E-state index contributed by atoms with van der Waals surface area (Å²) < 4.78 is 11.3. The van der Waals surface area contributed by atoms with E-state index in [-0.39, 0.29) is 0 Å². The third kappa shape index (κ3) is 4.61. The van der Waals surface area contributed by atoms with E-state index in [1.807, 2.05) is 19.9 Å². The maximum Gasteiger partial charge on any atom is 0.161 e. The molecular weight excluding hydrogens is 266 g/mol. The van der Waals surface area contributed by atoms with Gasteiger partial charge in [0.05, 0.1) is 13.2 Å². The van der Waals surface area contributed by atoms with Gasteiger partial charge in [-0.1, -0.05) is 6.07 Å². The van der Waals surface area contributed by atoms with Gasteiger partial charge in [-0.2, -0.15) is 0 Å². The van der Waals surface area contributed by atoms with Gasteiger partial charge in [0, 0.05) is 13.2 Å². The molecule has 0 bridgehead atoms. The molecule has 2 rings (SSSR count). The first kappa shape index (κ1) is 16.1. The molecular formula is C17H27NO3. The Bertz CT molecular complexity index is 428. The van der Waals surface area contributed by atoms with Gasteiger partial charge in [-0.25, -0.2) is 0 Å². The number of rotatable bonds is 7. The van der Waals surface area contributed by atoms with Gasteiger partial charge in [0.25, 0.3) is 0 Å². The molecule has 1 saturated heterocycles. The first-order valence-corrected chi connectivity index (χ1v) is 7.98. The number of ether oxygens (including phenoxy) is 2. The zero-order chi connectivity index (χ0) is 15.1. The number of aliphatic hydroxyl groups is 1. The lowest BCUT2D eigenvalue weighted by atomic mass is 9.97. The van der Waals surface area contributed by atoms with E-state index >= 15 is 0 Å². The Morgan fingerprint density at radius 3 is 2.38 bits per heavy atom. The molecule has 118 valence electrons. The first-order valence-electron chi connectivity index (χ1n) is 7.98. The van der Waals surface area contributed by atoms with E-state index in [4.69, 9.17) is 9.47 Å². The van der Waals surface area contributed by atoms with Crippen molar-refractivity contribution < 1.29 is 14.6 Å². The second-order valence-corrected chi connectivity index (χ2v) is 5.55. The lowest BCUT2D eigenvalue weighted by Gasteiger charge is -2.31. The van der Waals surface area contributed by atoms with E-state index in [1.54, 1.807) is 0 Å². The summed E-state index contributed by atoms with van der Waals surface area (Å²) in [5.74, 6) is 2.14. The van der Waals surface area contributed by atoms with Crippen LogP contribution < -0.4 is 9.47 Å². The highest BCUT2D eigenvalue weighted by molar-refractivity contribution is 5.43. The Hall–Kier alpha value is -1.26. The van der Waals surface area contributed by atoms with E-state index in [0.717, 1.165) is 44.0 Å². The fourth-order valence-electron chi connectivity index (χ4n) is 2.78. The quantitative estimate of drug-likeness (QED) is 0.839. The highest BCUT2D eigenvalue weighted by atomic mass is 16.5. The number of aliphatic hydroxyl groups excluding tert-OH is 1. The average molecular weight is 293 g/mol. The predicted octanol–water partition coefficient (Wildman–Crippen LogP) is 2.69. The number of hydrogen-bond acceptors (Lipinski definition) is 4. The van der Waals surface area contributed by atoms with Crippen molar-refractivity contribution in [1.29, 1.82) is 0 Å². The van der Waals surface area contributed by atoms with Crippen molar-refractivity contribution in [3.05, 3.63) is 23.8 Å². The van der Waals surface area contributed by atoms with Crippen LogP contribution in [0.5, 0.6) is 11.5 Å². The SMILES string of the molecule is CCOc1ccc(CN2CCC(CO)CC2)cc1OCC. The van der Waals surface area contributed by atoms with Crippen LogP contribution >= 0.6 is 0 Å². The van der Waals surface area contributed by atoms with Gasteiger partial charge in [0.2, 0.25) is 0 Å². The minimum Gasteiger partial charge on any atom is -0.490 e. The monoisotopic (exact) mass is 293 g/mol. The summed E-state index contributed by atoms with van der Waals surface area (Å²) in [7, 11) is 0. The molecule has 0 aromatic heterocycles. The van der Waals surface area contributed by atoms with E-state index in [9.17, 15) is 5.11 Å².